The fourth-order valence-corrected chi connectivity index (χ4v) is 2.37. The fourth-order valence-electron chi connectivity index (χ4n) is 2.37. The van der Waals surface area contributed by atoms with Crippen molar-refractivity contribution in [1.29, 1.82) is 0 Å². The third-order valence-electron chi connectivity index (χ3n) is 3.51. The number of hydrogen-bond donors (Lipinski definition) is 2. The number of carboxylic acid groups (broad SMARTS) is 1. The maximum Gasteiger partial charge on any atom is 0.419 e. The highest BCUT2D eigenvalue weighted by Crippen LogP contribution is 2.23. The summed E-state index contributed by atoms with van der Waals surface area (Å²) in [6, 6.07) is 5.20. The van der Waals surface area contributed by atoms with Gasteiger partial charge in [0.1, 0.15) is 0 Å². The molecule has 2 rings (SSSR count). The molecule has 0 aliphatic carbocycles. The number of fused-ring (bicyclic) bond motifs is 1. The Hall–Kier alpha value is -2.08. The molecule has 0 saturated carbocycles. The second kappa shape index (κ2) is 6.58. The van der Waals surface area contributed by atoms with Crippen molar-refractivity contribution < 1.29 is 19.4 Å². The molecule has 0 aliphatic rings. The molecule has 0 bridgehead atoms. The number of oxazole rings is 1. The zero-order valence-electron chi connectivity index (χ0n) is 11.9. The van der Waals surface area contributed by atoms with Crippen LogP contribution in [-0.2, 0) is 11.3 Å². The molecule has 1 aromatic carbocycles. The maximum atomic E-state index is 11.6. The van der Waals surface area contributed by atoms with Gasteiger partial charge in [-0.1, -0.05) is 6.07 Å². The van der Waals surface area contributed by atoms with Crippen molar-refractivity contribution in [3.63, 3.8) is 0 Å². The molecule has 0 radical (unpaired) electrons. The first kappa shape index (κ1) is 15.3. The molecule has 0 saturated heterocycles. The quantitative estimate of drug-likeness (QED) is 0.764. The fraction of sp³-hybridized carbons (Fsp3) is 0.467. The second-order valence-electron chi connectivity index (χ2n) is 4.99. The van der Waals surface area contributed by atoms with Crippen LogP contribution in [-0.4, -0.2) is 20.7 Å². The number of aliphatic carboxylic acids is 1. The summed E-state index contributed by atoms with van der Waals surface area (Å²) in [7, 11) is 0. The highest BCUT2D eigenvalue weighted by Gasteiger charge is 2.12. The molecule has 114 valence electrons. The zero-order valence-corrected chi connectivity index (χ0v) is 11.9. The molecular weight excluding hydrogens is 274 g/mol. The van der Waals surface area contributed by atoms with Crippen LogP contribution < -0.4 is 5.76 Å². The minimum Gasteiger partial charge on any atom is -0.481 e. The third-order valence-corrected chi connectivity index (χ3v) is 3.51. The van der Waals surface area contributed by atoms with E-state index in [9.17, 15) is 14.7 Å². The smallest absolute Gasteiger partial charge is 0.419 e. The maximum absolute atomic E-state index is 11.6. The van der Waals surface area contributed by atoms with Crippen LogP contribution in [0.3, 0.4) is 0 Å². The van der Waals surface area contributed by atoms with E-state index in [-0.39, 0.29) is 6.42 Å². The van der Waals surface area contributed by atoms with E-state index in [0.717, 1.165) is 0 Å². The van der Waals surface area contributed by atoms with Crippen molar-refractivity contribution in [3.05, 3.63) is 34.3 Å². The summed E-state index contributed by atoms with van der Waals surface area (Å²) in [5.41, 5.74) is 1.85. The molecule has 0 fully saturated rings. The Morgan fingerprint density at radius 1 is 1.38 bits per heavy atom. The molecule has 1 unspecified atom stereocenters. The van der Waals surface area contributed by atoms with Crippen LogP contribution in [0.15, 0.2) is 27.4 Å². The molecule has 0 spiro atoms. The highest BCUT2D eigenvalue weighted by atomic mass is 16.4. The third kappa shape index (κ3) is 3.52. The van der Waals surface area contributed by atoms with Gasteiger partial charge in [-0.15, -0.1) is 0 Å². The van der Waals surface area contributed by atoms with E-state index in [1.165, 1.54) is 4.57 Å². The lowest BCUT2D eigenvalue weighted by atomic mass is 10.0. The Balaban J connectivity index is 2.08. The van der Waals surface area contributed by atoms with E-state index in [4.69, 9.17) is 9.52 Å². The summed E-state index contributed by atoms with van der Waals surface area (Å²) in [4.78, 5) is 22.0. The van der Waals surface area contributed by atoms with E-state index in [0.29, 0.717) is 42.5 Å². The van der Waals surface area contributed by atoms with Gasteiger partial charge in [-0.2, -0.15) is 0 Å². The molecule has 6 nitrogen and oxygen atoms in total. The number of aromatic nitrogens is 1. The Labute approximate surface area is 121 Å². The number of rotatable bonds is 7. The normalized spacial score (nSPS) is 12.7. The van der Waals surface area contributed by atoms with Gasteiger partial charge in [0, 0.05) is 13.0 Å². The van der Waals surface area contributed by atoms with Gasteiger partial charge in [0.2, 0.25) is 0 Å². The predicted molar refractivity (Wildman–Crippen MR) is 77.2 cm³/mol. The minimum absolute atomic E-state index is 0.111. The number of carbonyl (C=O) groups is 1. The van der Waals surface area contributed by atoms with Gasteiger partial charge < -0.3 is 14.6 Å². The molecule has 1 atom stereocenters. The SMILES string of the molecule is CCn1c(=O)oc2cc(C(O)CCCCC(=O)O)ccc21. The van der Waals surface area contributed by atoms with Crippen LogP contribution >= 0.6 is 0 Å². The number of aliphatic hydroxyl groups excluding tert-OH is 1. The predicted octanol–water partition coefficient (Wildman–Crippen LogP) is 2.29. The van der Waals surface area contributed by atoms with Crippen molar-refractivity contribution in [3.8, 4) is 0 Å². The van der Waals surface area contributed by atoms with Crippen LogP contribution in [0.25, 0.3) is 11.1 Å². The van der Waals surface area contributed by atoms with Gasteiger partial charge in [-0.05, 0) is 43.9 Å². The van der Waals surface area contributed by atoms with E-state index in [2.05, 4.69) is 0 Å². The first-order valence-corrected chi connectivity index (χ1v) is 7.06. The average molecular weight is 293 g/mol. The monoisotopic (exact) mass is 293 g/mol. The van der Waals surface area contributed by atoms with Crippen LogP contribution in [0, 0.1) is 0 Å². The standard InChI is InChI=1S/C15H19NO5/c1-2-16-11-8-7-10(9-13(11)21-15(16)20)12(17)5-3-4-6-14(18)19/h7-9,12,17H,2-6H2,1H3,(H,18,19). The first-order chi connectivity index (χ1) is 10.0. The zero-order chi connectivity index (χ0) is 15.4. The van der Waals surface area contributed by atoms with E-state index in [1.807, 2.05) is 6.92 Å². The number of carboxylic acids is 1. The Bertz CT molecular complexity index is 685. The van der Waals surface area contributed by atoms with Crippen LogP contribution in [0.2, 0.25) is 0 Å². The topological polar surface area (TPSA) is 92.7 Å². The van der Waals surface area contributed by atoms with Gasteiger partial charge in [-0.25, -0.2) is 4.79 Å². The number of benzene rings is 1. The van der Waals surface area contributed by atoms with Gasteiger partial charge in [-0.3, -0.25) is 9.36 Å². The van der Waals surface area contributed by atoms with Gasteiger partial charge in [0.15, 0.2) is 5.58 Å². The second-order valence-corrected chi connectivity index (χ2v) is 4.99. The Morgan fingerprint density at radius 3 is 2.81 bits per heavy atom. The Morgan fingerprint density at radius 2 is 2.14 bits per heavy atom. The summed E-state index contributed by atoms with van der Waals surface area (Å²) >= 11 is 0. The van der Waals surface area contributed by atoms with E-state index < -0.39 is 17.8 Å². The van der Waals surface area contributed by atoms with Crippen molar-refractivity contribution in [2.75, 3.05) is 0 Å². The summed E-state index contributed by atoms with van der Waals surface area (Å²) < 4.78 is 6.68. The summed E-state index contributed by atoms with van der Waals surface area (Å²) in [6.45, 7) is 2.39. The Kier molecular flexibility index (Phi) is 4.80. The molecule has 1 heterocycles. The molecule has 6 heteroatoms. The number of aliphatic hydroxyl groups is 1. The summed E-state index contributed by atoms with van der Waals surface area (Å²) in [6.07, 6.45) is 1.08. The van der Waals surface area contributed by atoms with Crippen molar-refractivity contribution in [2.45, 2.75) is 45.3 Å². The van der Waals surface area contributed by atoms with Crippen LogP contribution in [0.4, 0.5) is 0 Å². The first-order valence-electron chi connectivity index (χ1n) is 7.06. The molecule has 1 aromatic heterocycles. The molecule has 0 amide bonds. The van der Waals surface area contributed by atoms with Crippen molar-refractivity contribution >= 4 is 17.1 Å². The van der Waals surface area contributed by atoms with Gasteiger partial charge >= 0.3 is 11.7 Å². The van der Waals surface area contributed by atoms with E-state index >= 15 is 0 Å². The molecule has 2 N–H and O–H groups in total. The van der Waals surface area contributed by atoms with Gasteiger partial charge in [0.25, 0.3) is 0 Å². The van der Waals surface area contributed by atoms with Gasteiger partial charge in [0.05, 0.1) is 11.6 Å². The number of nitrogens with zero attached hydrogens (tertiary/aromatic N) is 1. The number of unbranched alkanes of at least 4 members (excludes halogenated alkanes) is 1. The number of hydrogen-bond acceptors (Lipinski definition) is 4. The lowest BCUT2D eigenvalue weighted by Gasteiger charge is -2.10. The lowest BCUT2D eigenvalue weighted by molar-refractivity contribution is -0.137. The molecule has 0 aliphatic heterocycles. The lowest BCUT2D eigenvalue weighted by Crippen LogP contribution is -2.11. The van der Waals surface area contributed by atoms with Crippen molar-refractivity contribution in [2.24, 2.45) is 0 Å². The van der Waals surface area contributed by atoms with E-state index in [1.54, 1.807) is 18.2 Å². The summed E-state index contributed by atoms with van der Waals surface area (Å²) in [5, 5.41) is 18.7. The minimum atomic E-state index is -0.825. The number of aryl methyl sites for hydroxylation is 1. The average Bonchev–Trinajstić information content (AvgIpc) is 2.77. The van der Waals surface area contributed by atoms with Crippen LogP contribution in [0.1, 0.15) is 44.3 Å². The largest absolute Gasteiger partial charge is 0.481 e. The van der Waals surface area contributed by atoms with Crippen molar-refractivity contribution in [1.82, 2.24) is 4.57 Å². The molecule has 21 heavy (non-hydrogen) atoms. The molecular formula is C15H19NO5. The summed E-state index contributed by atoms with van der Waals surface area (Å²) in [5.74, 6) is -1.23. The highest BCUT2D eigenvalue weighted by molar-refractivity contribution is 5.73. The van der Waals surface area contributed by atoms with Crippen LogP contribution in [0.5, 0.6) is 0 Å². The molecule has 2 aromatic rings.